The fourth-order valence-corrected chi connectivity index (χ4v) is 3.18. The van der Waals surface area contributed by atoms with E-state index in [1.165, 1.54) is 0 Å². The van der Waals surface area contributed by atoms with Gasteiger partial charge in [0.2, 0.25) is 0 Å². The van der Waals surface area contributed by atoms with Gasteiger partial charge < -0.3 is 15.7 Å². The summed E-state index contributed by atoms with van der Waals surface area (Å²) < 4.78 is 0. The van der Waals surface area contributed by atoms with Crippen LogP contribution in [0.5, 0.6) is 0 Å². The van der Waals surface area contributed by atoms with Crippen LogP contribution in [-0.4, -0.2) is 41.7 Å². The van der Waals surface area contributed by atoms with Crippen molar-refractivity contribution in [1.29, 1.82) is 0 Å². The number of thioether (sulfide) groups is 1. The quantitative estimate of drug-likeness (QED) is 0.703. The molecule has 1 saturated carbocycles. The van der Waals surface area contributed by atoms with Crippen LogP contribution >= 0.6 is 11.8 Å². The number of rotatable bonds is 6. The highest BCUT2D eigenvalue weighted by Gasteiger charge is 2.41. The Hall–Kier alpha value is -0.910. The van der Waals surface area contributed by atoms with Crippen LogP contribution in [0.25, 0.3) is 0 Å². The number of hydrogen-bond donors (Lipinski definition) is 3. The summed E-state index contributed by atoms with van der Waals surface area (Å²) in [6, 6.07) is -0.192. The summed E-state index contributed by atoms with van der Waals surface area (Å²) in [6.45, 7) is 4.30. The highest BCUT2D eigenvalue weighted by atomic mass is 32.2. The monoisotopic (exact) mass is 302 g/mol. The number of hydrogen-bond acceptors (Lipinski definition) is 3. The molecule has 1 aliphatic rings. The lowest BCUT2D eigenvalue weighted by molar-refractivity contribution is -0.151. The van der Waals surface area contributed by atoms with Crippen LogP contribution in [0.15, 0.2) is 0 Å². The minimum absolute atomic E-state index is 0.0807. The topological polar surface area (TPSA) is 78.4 Å². The van der Waals surface area contributed by atoms with Crippen LogP contribution in [0.4, 0.5) is 4.79 Å². The highest BCUT2D eigenvalue weighted by Crippen LogP contribution is 2.38. The molecule has 0 heterocycles. The Balaban J connectivity index is 2.47. The second-order valence-electron chi connectivity index (χ2n) is 5.95. The summed E-state index contributed by atoms with van der Waals surface area (Å²) in [5.41, 5.74) is -0.785. The Labute approximate surface area is 125 Å². The molecule has 0 aromatic carbocycles. The van der Waals surface area contributed by atoms with Gasteiger partial charge in [-0.05, 0) is 44.8 Å². The van der Waals surface area contributed by atoms with Gasteiger partial charge in [-0.2, -0.15) is 11.8 Å². The SMILES string of the molecule is CSCC(C)NC(=O)NCC1(C(=O)O)CCC(C)CC1. The first kappa shape index (κ1) is 17.1. The third-order valence-corrected chi connectivity index (χ3v) is 4.90. The summed E-state index contributed by atoms with van der Waals surface area (Å²) in [6.07, 6.45) is 5.10. The first-order chi connectivity index (χ1) is 9.39. The second-order valence-corrected chi connectivity index (χ2v) is 6.86. The van der Waals surface area contributed by atoms with Crippen molar-refractivity contribution in [3.63, 3.8) is 0 Å². The third-order valence-electron chi connectivity index (χ3n) is 4.07. The number of carbonyl (C=O) groups excluding carboxylic acids is 1. The van der Waals surface area contributed by atoms with Gasteiger partial charge in [0.25, 0.3) is 0 Å². The molecule has 3 N–H and O–H groups in total. The molecule has 1 atom stereocenters. The van der Waals surface area contributed by atoms with Crippen LogP contribution in [0.1, 0.15) is 39.5 Å². The van der Waals surface area contributed by atoms with E-state index in [0.29, 0.717) is 18.8 Å². The molecule has 6 heteroatoms. The van der Waals surface area contributed by atoms with Gasteiger partial charge in [-0.25, -0.2) is 4.79 Å². The number of urea groups is 1. The van der Waals surface area contributed by atoms with E-state index in [4.69, 9.17) is 0 Å². The van der Waals surface area contributed by atoms with Crippen LogP contribution in [-0.2, 0) is 4.79 Å². The van der Waals surface area contributed by atoms with Gasteiger partial charge in [0.1, 0.15) is 0 Å². The molecule has 0 aliphatic heterocycles. The number of carbonyl (C=O) groups is 2. The molecule has 1 unspecified atom stereocenters. The predicted molar refractivity (Wildman–Crippen MR) is 82.1 cm³/mol. The molecule has 5 nitrogen and oxygen atoms in total. The molecule has 0 saturated heterocycles. The van der Waals surface area contributed by atoms with Gasteiger partial charge >= 0.3 is 12.0 Å². The summed E-state index contributed by atoms with van der Waals surface area (Å²) in [4.78, 5) is 23.3. The van der Waals surface area contributed by atoms with Gasteiger partial charge in [-0.3, -0.25) is 4.79 Å². The van der Waals surface area contributed by atoms with Crippen molar-refractivity contribution in [2.75, 3.05) is 18.6 Å². The van der Waals surface area contributed by atoms with E-state index in [2.05, 4.69) is 17.6 Å². The lowest BCUT2D eigenvalue weighted by atomic mass is 9.71. The van der Waals surface area contributed by atoms with E-state index < -0.39 is 11.4 Å². The van der Waals surface area contributed by atoms with E-state index in [0.717, 1.165) is 18.6 Å². The molecule has 1 aliphatic carbocycles. The molecule has 0 radical (unpaired) electrons. The van der Waals surface area contributed by atoms with Crippen molar-refractivity contribution in [3.05, 3.63) is 0 Å². The van der Waals surface area contributed by atoms with Gasteiger partial charge in [0.15, 0.2) is 0 Å². The standard InChI is InChI=1S/C14H26N2O3S/c1-10-4-6-14(7-5-10,12(17)18)9-15-13(19)16-11(2)8-20-3/h10-11H,4-9H2,1-3H3,(H,17,18)(H2,15,16,19). The zero-order valence-corrected chi connectivity index (χ0v) is 13.4. The number of aliphatic carboxylic acids is 1. The molecule has 1 rings (SSSR count). The van der Waals surface area contributed by atoms with Gasteiger partial charge in [0, 0.05) is 18.3 Å². The second kappa shape index (κ2) is 7.76. The van der Waals surface area contributed by atoms with E-state index >= 15 is 0 Å². The van der Waals surface area contributed by atoms with E-state index in [1.807, 2.05) is 13.2 Å². The van der Waals surface area contributed by atoms with Crippen molar-refractivity contribution in [2.24, 2.45) is 11.3 Å². The summed E-state index contributed by atoms with van der Waals surface area (Å²) in [7, 11) is 0. The van der Waals surface area contributed by atoms with Crippen molar-refractivity contribution < 1.29 is 14.7 Å². The molecule has 0 aromatic rings. The molecule has 0 spiro atoms. The first-order valence-corrected chi connectivity index (χ1v) is 8.55. The molecule has 1 fully saturated rings. The Morgan fingerprint density at radius 3 is 2.50 bits per heavy atom. The predicted octanol–water partition coefficient (Wildman–Crippen LogP) is 2.32. The molecule has 0 bridgehead atoms. The zero-order valence-electron chi connectivity index (χ0n) is 12.6. The van der Waals surface area contributed by atoms with E-state index in [1.54, 1.807) is 11.8 Å². The molecule has 2 amide bonds. The summed E-state index contributed by atoms with van der Waals surface area (Å²) in [5, 5.41) is 15.0. The maximum atomic E-state index is 11.8. The largest absolute Gasteiger partial charge is 0.481 e. The maximum Gasteiger partial charge on any atom is 0.315 e. The van der Waals surface area contributed by atoms with E-state index in [9.17, 15) is 14.7 Å². The lowest BCUT2D eigenvalue weighted by Crippen LogP contribution is -2.49. The third kappa shape index (κ3) is 4.89. The Bertz CT molecular complexity index is 341. The molecular weight excluding hydrogens is 276 g/mol. The van der Waals surface area contributed by atoms with Gasteiger partial charge in [0.05, 0.1) is 5.41 Å². The zero-order chi connectivity index (χ0) is 15.2. The van der Waals surface area contributed by atoms with Crippen molar-refractivity contribution in [3.8, 4) is 0 Å². The van der Waals surface area contributed by atoms with Crippen molar-refractivity contribution in [1.82, 2.24) is 10.6 Å². The Kier molecular flexibility index (Phi) is 6.65. The maximum absolute atomic E-state index is 11.8. The van der Waals surface area contributed by atoms with Gasteiger partial charge in [-0.1, -0.05) is 6.92 Å². The van der Waals surface area contributed by atoms with Crippen LogP contribution in [0, 0.1) is 11.3 Å². The average molecular weight is 302 g/mol. The van der Waals surface area contributed by atoms with Crippen LogP contribution < -0.4 is 10.6 Å². The smallest absolute Gasteiger partial charge is 0.315 e. The van der Waals surface area contributed by atoms with Crippen molar-refractivity contribution in [2.45, 2.75) is 45.6 Å². The summed E-state index contributed by atoms with van der Waals surface area (Å²) >= 11 is 1.67. The van der Waals surface area contributed by atoms with Gasteiger partial charge in [-0.15, -0.1) is 0 Å². The minimum Gasteiger partial charge on any atom is -0.481 e. The number of nitrogens with one attached hydrogen (secondary N) is 2. The molecular formula is C14H26N2O3S. The Morgan fingerprint density at radius 1 is 1.40 bits per heavy atom. The average Bonchev–Trinajstić information content (AvgIpc) is 2.38. The minimum atomic E-state index is -0.790. The lowest BCUT2D eigenvalue weighted by Gasteiger charge is -2.35. The first-order valence-electron chi connectivity index (χ1n) is 7.16. The van der Waals surface area contributed by atoms with Crippen molar-refractivity contribution >= 4 is 23.8 Å². The highest BCUT2D eigenvalue weighted by molar-refractivity contribution is 7.98. The Morgan fingerprint density at radius 2 is 2.00 bits per heavy atom. The molecule has 20 heavy (non-hydrogen) atoms. The number of carboxylic acids is 1. The molecule has 0 aromatic heterocycles. The molecule has 116 valence electrons. The number of carboxylic acid groups (broad SMARTS) is 1. The van der Waals surface area contributed by atoms with E-state index in [-0.39, 0.29) is 18.6 Å². The fourth-order valence-electron chi connectivity index (χ4n) is 2.60. The number of amides is 2. The van der Waals surface area contributed by atoms with Crippen LogP contribution in [0.3, 0.4) is 0 Å². The van der Waals surface area contributed by atoms with Crippen LogP contribution in [0.2, 0.25) is 0 Å². The fraction of sp³-hybridized carbons (Fsp3) is 0.857. The normalized spacial score (nSPS) is 27.6. The summed E-state index contributed by atoms with van der Waals surface area (Å²) in [5.74, 6) is 0.634.